The molecule has 0 atom stereocenters. The fourth-order valence-electron chi connectivity index (χ4n) is 2.94. The van der Waals surface area contributed by atoms with Crippen LogP contribution in [-0.2, 0) is 5.41 Å². The zero-order chi connectivity index (χ0) is 22.1. The molecule has 0 aliphatic rings. The van der Waals surface area contributed by atoms with Crippen LogP contribution in [0.25, 0.3) is 0 Å². The molecular weight excluding hydrogens is 398 g/mol. The summed E-state index contributed by atoms with van der Waals surface area (Å²) < 4.78 is 0. The van der Waals surface area contributed by atoms with Crippen LogP contribution in [0.2, 0.25) is 0 Å². The molecule has 30 heavy (non-hydrogen) atoms. The number of carbonyl (C=O) groups excluding carboxylic acids is 2. The number of hydrogen-bond acceptors (Lipinski definition) is 5. The molecule has 3 rings (SSSR count). The number of anilines is 2. The van der Waals surface area contributed by atoms with Crippen LogP contribution in [0.15, 0.2) is 42.6 Å². The van der Waals surface area contributed by atoms with Gasteiger partial charge in [-0.2, -0.15) is 0 Å². The number of phenolic OH excluding ortho intramolecular Hbond substituents is 1. The highest BCUT2D eigenvalue weighted by Gasteiger charge is 2.18. The number of rotatable bonds is 4. The normalized spacial score (nSPS) is 11.2. The van der Waals surface area contributed by atoms with E-state index in [4.69, 9.17) is 0 Å². The summed E-state index contributed by atoms with van der Waals surface area (Å²) in [5.74, 6) is -0.507. The van der Waals surface area contributed by atoms with Gasteiger partial charge in [0.1, 0.15) is 10.6 Å². The molecule has 3 aromatic rings. The summed E-state index contributed by atoms with van der Waals surface area (Å²) in [5, 5.41) is 15.8. The number of amides is 2. The van der Waals surface area contributed by atoms with E-state index in [0.717, 1.165) is 22.5 Å². The molecule has 0 fully saturated rings. The van der Waals surface area contributed by atoms with Crippen molar-refractivity contribution in [2.75, 3.05) is 10.6 Å². The van der Waals surface area contributed by atoms with Gasteiger partial charge < -0.3 is 10.4 Å². The molecule has 156 valence electrons. The van der Waals surface area contributed by atoms with E-state index < -0.39 is 0 Å². The lowest BCUT2D eigenvalue weighted by atomic mass is 9.86. The molecule has 2 amide bonds. The zero-order valence-electron chi connectivity index (χ0n) is 17.7. The van der Waals surface area contributed by atoms with Crippen LogP contribution in [0.4, 0.5) is 10.8 Å². The van der Waals surface area contributed by atoms with E-state index in [-0.39, 0.29) is 23.0 Å². The van der Waals surface area contributed by atoms with Crippen molar-refractivity contribution in [1.29, 1.82) is 0 Å². The first-order chi connectivity index (χ1) is 14.1. The highest BCUT2D eigenvalue weighted by molar-refractivity contribution is 7.17. The first-order valence-electron chi connectivity index (χ1n) is 9.54. The van der Waals surface area contributed by atoms with Crippen molar-refractivity contribution in [2.24, 2.45) is 0 Å². The third kappa shape index (κ3) is 4.68. The molecule has 1 heterocycles. The summed E-state index contributed by atoms with van der Waals surface area (Å²) in [6, 6.07) is 10.8. The van der Waals surface area contributed by atoms with Crippen molar-refractivity contribution in [3.8, 4) is 5.75 Å². The lowest BCUT2D eigenvalue weighted by molar-refractivity contribution is 0.102. The fraction of sp³-hybridized carbons (Fsp3) is 0.261. The number of nitrogens with zero attached hydrogens (tertiary/aromatic N) is 1. The molecule has 0 saturated carbocycles. The van der Waals surface area contributed by atoms with E-state index in [0.29, 0.717) is 26.8 Å². The van der Waals surface area contributed by atoms with E-state index in [2.05, 4.69) is 36.4 Å². The van der Waals surface area contributed by atoms with Gasteiger partial charge in [-0.05, 0) is 48.6 Å². The summed E-state index contributed by atoms with van der Waals surface area (Å²) in [6.45, 7) is 9.86. The Bertz CT molecular complexity index is 1110. The first kappa shape index (κ1) is 21.5. The molecule has 6 nitrogen and oxygen atoms in total. The summed E-state index contributed by atoms with van der Waals surface area (Å²) in [7, 11) is 0. The van der Waals surface area contributed by atoms with Crippen molar-refractivity contribution in [3.05, 3.63) is 69.7 Å². The van der Waals surface area contributed by atoms with Crippen LogP contribution in [0.3, 0.4) is 0 Å². The molecule has 0 bridgehead atoms. The number of benzene rings is 2. The molecule has 0 radical (unpaired) electrons. The maximum absolute atomic E-state index is 12.6. The molecule has 3 N–H and O–H groups in total. The van der Waals surface area contributed by atoms with Crippen molar-refractivity contribution < 1.29 is 14.7 Å². The molecule has 1 aromatic heterocycles. The number of phenols is 1. The number of thiazole rings is 1. The Kier molecular flexibility index (Phi) is 5.94. The molecule has 7 heteroatoms. The third-order valence-electron chi connectivity index (χ3n) is 4.82. The second kappa shape index (κ2) is 8.28. The number of nitrogens with one attached hydrogen (secondary N) is 2. The van der Waals surface area contributed by atoms with Gasteiger partial charge in [0, 0.05) is 11.1 Å². The minimum atomic E-state index is -0.348. The first-order valence-corrected chi connectivity index (χ1v) is 10.4. The van der Waals surface area contributed by atoms with Crippen molar-refractivity contribution in [2.45, 2.75) is 40.0 Å². The van der Waals surface area contributed by atoms with Crippen molar-refractivity contribution >= 4 is 34.0 Å². The SMILES string of the molecule is Cc1ccc(O)c(C)c1NC(=O)c1cnc(NC(=O)c2cccc(C(C)(C)C)c2)s1. The van der Waals surface area contributed by atoms with Crippen LogP contribution >= 0.6 is 11.3 Å². The molecule has 0 saturated heterocycles. The standard InChI is InChI=1S/C23H25N3O3S/c1-13-9-10-17(27)14(2)19(13)25-21(29)18-12-24-22(30-18)26-20(28)15-7-6-8-16(11-15)23(3,4)5/h6-12,27H,1-5H3,(H,25,29)(H,24,26,28). The quantitative estimate of drug-likeness (QED) is 0.533. The van der Waals surface area contributed by atoms with E-state index in [1.54, 1.807) is 25.1 Å². The van der Waals surface area contributed by atoms with Crippen molar-refractivity contribution in [3.63, 3.8) is 0 Å². The number of aryl methyl sites for hydroxylation is 1. The Morgan fingerprint density at radius 2 is 1.77 bits per heavy atom. The van der Waals surface area contributed by atoms with Crippen LogP contribution in [0.1, 0.15) is 57.5 Å². The second-order valence-corrected chi connectivity index (χ2v) is 9.20. The van der Waals surface area contributed by atoms with Gasteiger partial charge in [-0.25, -0.2) is 4.98 Å². The van der Waals surface area contributed by atoms with Gasteiger partial charge in [-0.3, -0.25) is 14.9 Å². The lowest BCUT2D eigenvalue weighted by Gasteiger charge is -2.19. The Morgan fingerprint density at radius 1 is 1.03 bits per heavy atom. The summed E-state index contributed by atoms with van der Waals surface area (Å²) in [6.07, 6.45) is 1.43. The van der Waals surface area contributed by atoms with E-state index in [9.17, 15) is 14.7 Å². The smallest absolute Gasteiger partial charge is 0.267 e. The highest BCUT2D eigenvalue weighted by Crippen LogP contribution is 2.29. The average Bonchev–Trinajstić information content (AvgIpc) is 3.16. The second-order valence-electron chi connectivity index (χ2n) is 8.17. The van der Waals surface area contributed by atoms with E-state index in [1.807, 2.05) is 25.1 Å². The largest absolute Gasteiger partial charge is 0.508 e. The summed E-state index contributed by atoms with van der Waals surface area (Å²) >= 11 is 1.09. The molecule has 0 spiro atoms. The maximum Gasteiger partial charge on any atom is 0.267 e. The Hall–Kier alpha value is -3.19. The van der Waals surface area contributed by atoms with E-state index >= 15 is 0 Å². The van der Waals surface area contributed by atoms with E-state index in [1.165, 1.54) is 6.20 Å². The molecular formula is C23H25N3O3S. The van der Waals surface area contributed by atoms with Crippen LogP contribution in [-0.4, -0.2) is 21.9 Å². The number of carbonyl (C=O) groups is 2. The van der Waals surface area contributed by atoms with Gasteiger partial charge in [-0.1, -0.05) is 50.3 Å². The third-order valence-corrected chi connectivity index (χ3v) is 5.74. The maximum atomic E-state index is 12.6. The Balaban J connectivity index is 1.73. The average molecular weight is 424 g/mol. The van der Waals surface area contributed by atoms with Crippen molar-refractivity contribution in [1.82, 2.24) is 4.98 Å². The number of aromatic nitrogens is 1. The van der Waals surface area contributed by atoms with Gasteiger partial charge in [0.15, 0.2) is 5.13 Å². The van der Waals surface area contributed by atoms with Gasteiger partial charge in [0.2, 0.25) is 0 Å². The minimum Gasteiger partial charge on any atom is -0.508 e. The predicted octanol–water partition coefficient (Wildman–Crippen LogP) is 5.27. The fourth-order valence-corrected chi connectivity index (χ4v) is 3.64. The highest BCUT2D eigenvalue weighted by atomic mass is 32.1. The molecule has 2 aromatic carbocycles. The topological polar surface area (TPSA) is 91.3 Å². The lowest BCUT2D eigenvalue weighted by Crippen LogP contribution is -2.15. The van der Waals surface area contributed by atoms with Crippen LogP contribution < -0.4 is 10.6 Å². The zero-order valence-corrected chi connectivity index (χ0v) is 18.5. The van der Waals surface area contributed by atoms with Crippen LogP contribution in [0.5, 0.6) is 5.75 Å². The minimum absolute atomic E-state index is 0.0646. The molecule has 0 aliphatic heterocycles. The number of hydrogen-bond donors (Lipinski definition) is 3. The van der Waals surface area contributed by atoms with Gasteiger partial charge in [-0.15, -0.1) is 0 Å². The van der Waals surface area contributed by atoms with Gasteiger partial charge in [0.05, 0.1) is 11.9 Å². The van der Waals surface area contributed by atoms with Gasteiger partial charge >= 0.3 is 0 Å². The number of aromatic hydroxyl groups is 1. The van der Waals surface area contributed by atoms with Gasteiger partial charge in [0.25, 0.3) is 11.8 Å². The predicted molar refractivity (Wildman–Crippen MR) is 121 cm³/mol. The monoisotopic (exact) mass is 423 g/mol. The van der Waals surface area contributed by atoms with Crippen LogP contribution in [0, 0.1) is 13.8 Å². The Labute approximate surface area is 180 Å². The summed E-state index contributed by atoms with van der Waals surface area (Å²) in [5.41, 5.74) is 3.54. The Morgan fingerprint density at radius 3 is 2.47 bits per heavy atom. The molecule has 0 unspecified atom stereocenters. The summed E-state index contributed by atoms with van der Waals surface area (Å²) in [4.78, 5) is 29.7. The molecule has 0 aliphatic carbocycles.